The highest BCUT2D eigenvalue weighted by atomic mass is 15.1. The van der Waals surface area contributed by atoms with Crippen LogP contribution in [-0.2, 0) is 13.1 Å². The van der Waals surface area contributed by atoms with Crippen molar-refractivity contribution in [2.75, 3.05) is 7.05 Å². The van der Waals surface area contributed by atoms with Gasteiger partial charge in [-0.05, 0) is 25.1 Å². The molecule has 16 heavy (non-hydrogen) atoms. The number of nitrogens with zero attached hydrogens (tertiary/aromatic N) is 3. The largest absolute Gasteiger partial charge is 0.313 e. The van der Waals surface area contributed by atoms with E-state index in [2.05, 4.69) is 33.7 Å². The third-order valence-corrected chi connectivity index (χ3v) is 2.47. The first-order valence-electron chi connectivity index (χ1n) is 5.67. The van der Waals surface area contributed by atoms with Gasteiger partial charge in [0.25, 0.3) is 0 Å². The molecule has 0 aliphatic heterocycles. The molecule has 0 saturated carbocycles. The Kier molecular flexibility index (Phi) is 3.19. The highest BCUT2D eigenvalue weighted by molar-refractivity contribution is 5.71. The van der Waals surface area contributed by atoms with Crippen LogP contribution in [0.1, 0.15) is 19.7 Å². The second kappa shape index (κ2) is 4.61. The number of rotatable bonds is 4. The van der Waals surface area contributed by atoms with Crippen molar-refractivity contribution in [2.45, 2.75) is 26.9 Å². The molecule has 4 heteroatoms. The lowest BCUT2D eigenvalue weighted by molar-refractivity contribution is 0.509. The van der Waals surface area contributed by atoms with Gasteiger partial charge < -0.3 is 9.88 Å². The van der Waals surface area contributed by atoms with E-state index < -0.39 is 0 Å². The van der Waals surface area contributed by atoms with Crippen molar-refractivity contribution >= 4 is 11.2 Å². The van der Waals surface area contributed by atoms with Crippen molar-refractivity contribution in [3.8, 4) is 0 Å². The van der Waals surface area contributed by atoms with Gasteiger partial charge in [0.05, 0.1) is 6.54 Å². The molecule has 0 bridgehead atoms. The molecule has 0 spiro atoms. The number of nitrogens with one attached hydrogen (secondary N) is 1. The molecule has 0 aliphatic rings. The molecule has 0 unspecified atom stereocenters. The van der Waals surface area contributed by atoms with Gasteiger partial charge in [0, 0.05) is 12.7 Å². The summed E-state index contributed by atoms with van der Waals surface area (Å²) in [5.41, 5.74) is 1.97. The Morgan fingerprint density at radius 1 is 1.44 bits per heavy atom. The van der Waals surface area contributed by atoms with Crippen LogP contribution in [-0.4, -0.2) is 21.6 Å². The van der Waals surface area contributed by atoms with E-state index in [-0.39, 0.29) is 0 Å². The lowest BCUT2D eigenvalue weighted by atomic mass is 10.2. The first-order valence-corrected chi connectivity index (χ1v) is 5.67. The van der Waals surface area contributed by atoms with Crippen LogP contribution in [0, 0.1) is 5.92 Å². The van der Waals surface area contributed by atoms with Gasteiger partial charge in [0.1, 0.15) is 11.3 Å². The summed E-state index contributed by atoms with van der Waals surface area (Å²) in [6.07, 6.45) is 1.82. The van der Waals surface area contributed by atoms with Crippen molar-refractivity contribution in [3.63, 3.8) is 0 Å². The number of hydrogen-bond acceptors (Lipinski definition) is 3. The summed E-state index contributed by atoms with van der Waals surface area (Å²) in [4.78, 5) is 9.00. The fourth-order valence-electron chi connectivity index (χ4n) is 1.86. The Morgan fingerprint density at radius 3 is 2.94 bits per heavy atom. The summed E-state index contributed by atoms with van der Waals surface area (Å²) < 4.78 is 2.20. The Balaban J connectivity index is 2.50. The Morgan fingerprint density at radius 2 is 2.25 bits per heavy atom. The predicted octanol–water partition coefficient (Wildman–Crippen LogP) is 1.81. The predicted molar refractivity (Wildman–Crippen MR) is 65.1 cm³/mol. The molecule has 2 aromatic rings. The van der Waals surface area contributed by atoms with Crippen LogP contribution in [0.5, 0.6) is 0 Å². The molecular formula is C12H18N4. The maximum atomic E-state index is 4.59. The molecule has 0 aromatic carbocycles. The number of hydrogen-bond donors (Lipinski definition) is 1. The minimum Gasteiger partial charge on any atom is -0.313 e. The van der Waals surface area contributed by atoms with E-state index in [1.54, 1.807) is 0 Å². The number of pyridine rings is 1. The highest BCUT2D eigenvalue weighted by Gasteiger charge is 2.11. The maximum absolute atomic E-state index is 4.59. The standard InChI is InChI=1S/C12H18N4/c1-9(2)8-16-11(7-13-3)15-10-5-4-6-14-12(10)16/h4-6,9,13H,7-8H2,1-3H3. The van der Waals surface area contributed by atoms with E-state index in [9.17, 15) is 0 Å². The summed E-state index contributed by atoms with van der Waals surface area (Å²) in [7, 11) is 1.94. The topological polar surface area (TPSA) is 42.7 Å². The molecule has 0 atom stereocenters. The molecule has 0 amide bonds. The second-order valence-corrected chi connectivity index (χ2v) is 4.41. The highest BCUT2D eigenvalue weighted by Crippen LogP contribution is 2.15. The average molecular weight is 218 g/mol. The molecule has 0 fully saturated rings. The molecule has 86 valence electrons. The smallest absolute Gasteiger partial charge is 0.160 e. The average Bonchev–Trinajstić information content (AvgIpc) is 2.57. The zero-order chi connectivity index (χ0) is 11.5. The first-order chi connectivity index (χ1) is 7.72. The molecule has 2 heterocycles. The minimum atomic E-state index is 0.593. The van der Waals surface area contributed by atoms with E-state index in [1.165, 1.54) is 0 Å². The van der Waals surface area contributed by atoms with Crippen LogP contribution in [0.25, 0.3) is 11.2 Å². The fraction of sp³-hybridized carbons (Fsp3) is 0.500. The van der Waals surface area contributed by atoms with Crippen molar-refractivity contribution < 1.29 is 0 Å². The lowest BCUT2D eigenvalue weighted by Crippen LogP contribution is -2.14. The third-order valence-electron chi connectivity index (χ3n) is 2.47. The van der Waals surface area contributed by atoms with Crippen LogP contribution in [0.3, 0.4) is 0 Å². The molecular weight excluding hydrogens is 200 g/mol. The summed E-state index contributed by atoms with van der Waals surface area (Å²) >= 11 is 0. The van der Waals surface area contributed by atoms with Crippen molar-refractivity contribution in [1.82, 2.24) is 19.9 Å². The van der Waals surface area contributed by atoms with E-state index >= 15 is 0 Å². The molecule has 0 aliphatic carbocycles. The number of aromatic nitrogens is 3. The molecule has 2 aromatic heterocycles. The molecule has 0 radical (unpaired) electrons. The Labute approximate surface area is 95.7 Å². The molecule has 1 N–H and O–H groups in total. The van der Waals surface area contributed by atoms with Crippen LogP contribution in [0.4, 0.5) is 0 Å². The Bertz CT molecular complexity index is 473. The van der Waals surface area contributed by atoms with Gasteiger partial charge in [-0.15, -0.1) is 0 Å². The lowest BCUT2D eigenvalue weighted by Gasteiger charge is -2.10. The minimum absolute atomic E-state index is 0.593. The van der Waals surface area contributed by atoms with Crippen LogP contribution in [0.2, 0.25) is 0 Å². The summed E-state index contributed by atoms with van der Waals surface area (Å²) in [6, 6.07) is 3.94. The fourth-order valence-corrected chi connectivity index (χ4v) is 1.86. The van der Waals surface area contributed by atoms with Crippen molar-refractivity contribution in [1.29, 1.82) is 0 Å². The van der Waals surface area contributed by atoms with E-state index in [4.69, 9.17) is 0 Å². The Hall–Kier alpha value is -1.42. The first kappa shape index (κ1) is 11.1. The van der Waals surface area contributed by atoms with Gasteiger partial charge in [0.15, 0.2) is 5.65 Å². The van der Waals surface area contributed by atoms with Gasteiger partial charge in [-0.25, -0.2) is 9.97 Å². The third kappa shape index (κ3) is 2.07. The van der Waals surface area contributed by atoms with E-state index in [1.807, 2.05) is 25.4 Å². The number of imidazole rings is 1. The zero-order valence-corrected chi connectivity index (χ0v) is 10.1. The normalized spacial score (nSPS) is 11.5. The van der Waals surface area contributed by atoms with Crippen LogP contribution >= 0.6 is 0 Å². The van der Waals surface area contributed by atoms with E-state index in [0.29, 0.717) is 5.92 Å². The maximum Gasteiger partial charge on any atom is 0.160 e. The SMILES string of the molecule is CNCc1nc2cccnc2n1CC(C)C. The van der Waals surface area contributed by atoms with Gasteiger partial charge in [-0.2, -0.15) is 0 Å². The van der Waals surface area contributed by atoms with Crippen molar-refractivity contribution in [2.24, 2.45) is 5.92 Å². The summed E-state index contributed by atoms with van der Waals surface area (Å²) in [5, 5.41) is 3.15. The second-order valence-electron chi connectivity index (χ2n) is 4.41. The summed E-state index contributed by atoms with van der Waals surface area (Å²) in [6.45, 7) is 6.16. The van der Waals surface area contributed by atoms with Gasteiger partial charge in [-0.1, -0.05) is 13.8 Å². The monoisotopic (exact) mass is 218 g/mol. The van der Waals surface area contributed by atoms with Gasteiger partial charge in [-0.3, -0.25) is 0 Å². The quantitative estimate of drug-likeness (QED) is 0.851. The van der Waals surface area contributed by atoms with Crippen molar-refractivity contribution in [3.05, 3.63) is 24.2 Å². The van der Waals surface area contributed by atoms with Crippen LogP contribution in [0.15, 0.2) is 18.3 Å². The van der Waals surface area contributed by atoms with Crippen LogP contribution < -0.4 is 5.32 Å². The van der Waals surface area contributed by atoms with E-state index in [0.717, 1.165) is 30.1 Å². The molecule has 4 nitrogen and oxygen atoms in total. The molecule has 0 saturated heterocycles. The van der Waals surface area contributed by atoms with Gasteiger partial charge in [0.2, 0.25) is 0 Å². The molecule has 2 rings (SSSR count). The summed E-state index contributed by atoms with van der Waals surface area (Å²) in [5.74, 6) is 1.65. The van der Waals surface area contributed by atoms with Gasteiger partial charge >= 0.3 is 0 Å². The zero-order valence-electron chi connectivity index (χ0n) is 10.1. The number of fused-ring (bicyclic) bond motifs is 1.